The van der Waals surface area contributed by atoms with Crippen LogP contribution in [0.5, 0.6) is 0 Å². The summed E-state index contributed by atoms with van der Waals surface area (Å²) in [6.07, 6.45) is 4.41. The number of carbonyl (C=O) groups is 1. The average Bonchev–Trinajstić information content (AvgIpc) is 2.38. The van der Waals surface area contributed by atoms with Gasteiger partial charge in [-0.3, -0.25) is 4.79 Å². The fourth-order valence-electron chi connectivity index (χ4n) is 2.41. The van der Waals surface area contributed by atoms with Crippen LogP contribution in [-0.4, -0.2) is 28.4 Å². The van der Waals surface area contributed by atoms with Gasteiger partial charge in [-0.05, 0) is 37.8 Å². The summed E-state index contributed by atoms with van der Waals surface area (Å²) in [6, 6.07) is 5.57. The van der Waals surface area contributed by atoms with E-state index in [9.17, 15) is 4.79 Å². The number of likely N-dealkylation sites (tertiary alicyclic amines) is 1. The van der Waals surface area contributed by atoms with Crippen LogP contribution in [0.15, 0.2) is 18.2 Å². The molecule has 0 bridgehead atoms. The van der Waals surface area contributed by atoms with Crippen LogP contribution in [0.4, 0.5) is 5.82 Å². The number of amides is 1. The first-order valence-corrected chi connectivity index (χ1v) is 6.26. The van der Waals surface area contributed by atoms with E-state index in [-0.39, 0.29) is 5.91 Å². The molecule has 4 heteroatoms. The van der Waals surface area contributed by atoms with Gasteiger partial charge in [0.25, 0.3) is 5.91 Å². The third-order valence-corrected chi connectivity index (χ3v) is 3.35. The molecule has 92 valence electrons. The van der Waals surface area contributed by atoms with Gasteiger partial charge in [0.15, 0.2) is 0 Å². The second-order valence-corrected chi connectivity index (χ2v) is 4.50. The van der Waals surface area contributed by atoms with E-state index in [1.54, 1.807) is 18.2 Å². The van der Waals surface area contributed by atoms with Crippen LogP contribution in [-0.2, 0) is 0 Å². The number of rotatable bonds is 2. The Kier molecular flexibility index (Phi) is 3.61. The van der Waals surface area contributed by atoms with Crippen molar-refractivity contribution in [3.63, 3.8) is 0 Å². The van der Waals surface area contributed by atoms with Crippen molar-refractivity contribution in [2.75, 3.05) is 12.3 Å². The van der Waals surface area contributed by atoms with Gasteiger partial charge >= 0.3 is 0 Å². The number of pyridine rings is 1. The predicted octanol–water partition coefficient (Wildman–Crippen LogP) is 2.07. The molecule has 1 aliphatic rings. The number of carbonyl (C=O) groups excluding carboxylic acids is 1. The van der Waals surface area contributed by atoms with Crippen molar-refractivity contribution in [2.45, 2.75) is 38.6 Å². The first kappa shape index (κ1) is 11.9. The normalized spacial score (nSPS) is 20.3. The first-order valence-electron chi connectivity index (χ1n) is 6.26. The van der Waals surface area contributed by atoms with Crippen LogP contribution in [0, 0.1) is 0 Å². The average molecular weight is 233 g/mol. The standard InChI is InChI=1S/C13H19N3O/c1-2-10-6-3-4-9-16(10)13(17)11-7-5-8-12(14)15-11/h5,7-8,10H,2-4,6,9H2,1H3,(H2,14,15)/t10-/m1/s1. The Morgan fingerprint density at radius 2 is 2.35 bits per heavy atom. The van der Waals surface area contributed by atoms with Gasteiger partial charge in [0.2, 0.25) is 0 Å². The summed E-state index contributed by atoms with van der Waals surface area (Å²) in [7, 11) is 0. The molecule has 1 aliphatic heterocycles. The third-order valence-electron chi connectivity index (χ3n) is 3.35. The number of anilines is 1. The lowest BCUT2D eigenvalue weighted by Gasteiger charge is -2.35. The van der Waals surface area contributed by atoms with Gasteiger partial charge in [-0.15, -0.1) is 0 Å². The van der Waals surface area contributed by atoms with E-state index in [0.717, 1.165) is 25.8 Å². The molecule has 1 aromatic rings. The predicted molar refractivity (Wildman–Crippen MR) is 67.6 cm³/mol. The van der Waals surface area contributed by atoms with Gasteiger partial charge in [0.05, 0.1) is 0 Å². The van der Waals surface area contributed by atoms with Crippen LogP contribution in [0.1, 0.15) is 43.1 Å². The molecule has 0 radical (unpaired) electrons. The highest BCUT2D eigenvalue weighted by atomic mass is 16.2. The molecule has 2 N–H and O–H groups in total. The number of nitrogen functional groups attached to an aromatic ring is 1. The molecule has 2 rings (SSSR count). The Balaban J connectivity index is 2.18. The van der Waals surface area contributed by atoms with E-state index in [0.29, 0.717) is 17.6 Å². The van der Waals surface area contributed by atoms with Crippen molar-refractivity contribution in [3.05, 3.63) is 23.9 Å². The van der Waals surface area contributed by atoms with E-state index in [4.69, 9.17) is 5.73 Å². The Bertz CT molecular complexity index is 405. The number of piperidine rings is 1. The lowest BCUT2D eigenvalue weighted by molar-refractivity contribution is 0.0602. The highest BCUT2D eigenvalue weighted by Gasteiger charge is 2.26. The molecule has 0 saturated carbocycles. The molecule has 0 unspecified atom stereocenters. The SMILES string of the molecule is CC[C@@H]1CCCCN1C(=O)c1cccc(N)n1. The lowest BCUT2D eigenvalue weighted by atomic mass is 9.99. The molecule has 1 aromatic heterocycles. The summed E-state index contributed by atoms with van der Waals surface area (Å²) < 4.78 is 0. The van der Waals surface area contributed by atoms with Crippen LogP contribution < -0.4 is 5.73 Å². The first-order chi connectivity index (χ1) is 8.22. The van der Waals surface area contributed by atoms with Crippen LogP contribution in [0.3, 0.4) is 0 Å². The number of nitrogens with zero attached hydrogens (tertiary/aromatic N) is 2. The molecule has 4 nitrogen and oxygen atoms in total. The molecular formula is C13H19N3O. The number of nitrogens with two attached hydrogens (primary N) is 1. The molecule has 0 aliphatic carbocycles. The molecule has 1 amide bonds. The summed E-state index contributed by atoms with van der Waals surface area (Å²) in [5, 5.41) is 0. The third kappa shape index (κ3) is 2.57. The topological polar surface area (TPSA) is 59.2 Å². The molecule has 1 atom stereocenters. The zero-order valence-electron chi connectivity index (χ0n) is 10.2. The van der Waals surface area contributed by atoms with Gasteiger partial charge in [-0.1, -0.05) is 13.0 Å². The minimum Gasteiger partial charge on any atom is -0.384 e. The molecule has 0 aromatic carbocycles. The maximum Gasteiger partial charge on any atom is 0.272 e. The summed E-state index contributed by atoms with van der Waals surface area (Å²) in [4.78, 5) is 18.4. The minimum atomic E-state index is 0.0175. The maximum atomic E-state index is 12.3. The fourth-order valence-corrected chi connectivity index (χ4v) is 2.41. The Hall–Kier alpha value is -1.58. The molecule has 2 heterocycles. The summed E-state index contributed by atoms with van der Waals surface area (Å²) >= 11 is 0. The minimum absolute atomic E-state index is 0.0175. The van der Waals surface area contributed by atoms with Crippen molar-refractivity contribution in [3.8, 4) is 0 Å². The monoisotopic (exact) mass is 233 g/mol. The van der Waals surface area contributed by atoms with Gasteiger partial charge in [0, 0.05) is 12.6 Å². The fraction of sp³-hybridized carbons (Fsp3) is 0.538. The zero-order valence-corrected chi connectivity index (χ0v) is 10.2. The van der Waals surface area contributed by atoms with Gasteiger partial charge in [-0.2, -0.15) is 0 Å². The Morgan fingerprint density at radius 3 is 3.06 bits per heavy atom. The molecule has 1 saturated heterocycles. The Labute approximate surface area is 102 Å². The van der Waals surface area contributed by atoms with Crippen molar-refractivity contribution in [2.24, 2.45) is 0 Å². The van der Waals surface area contributed by atoms with E-state index in [1.807, 2.05) is 4.90 Å². The summed E-state index contributed by atoms with van der Waals surface area (Å²) in [6.45, 7) is 2.97. The second-order valence-electron chi connectivity index (χ2n) is 4.50. The van der Waals surface area contributed by atoms with Crippen LogP contribution in [0.25, 0.3) is 0 Å². The van der Waals surface area contributed by atoms with E-state index in [1.165, 1.54) is 6.42 Å². The van der Waals surface area contributed by atoms with E-state index in [2.05, 4.69) is 11.9 Å². The van der Waals surface area contributed by atoms with Crippen molar-refractivity contribution < 1.29 is 4.79 Å². The summed E-state index contributed by atoms with van der Waals surface area (Å²) in [5.74, 6) is 0.421. The highest BCUT2D eigenvalue weighted by Crippen LogP contribution is 2.21. The second kappa shape index (κ2) is 5.17. The smallest absolute Gasteiger partial charge is 0.272 e. The van der Waals surface area contributed by atoms with Gasteiger partial charge in [-0.25, -0.2) is 4.98 Å². The molecular weight excluding hydrogens is 214 g/mol. The number of aromatic nitrogens is 1. The lowest BCUT2D eigenvalue weighted by Crippen LogP contribution is -2.43. The van der Waals surface area contributed by atoms with Crippen LogP contribution in [0.2, 0.25) is 0 Å². The van der Waals surface area contributed by atoms with Crippen molar-refractivity contribution in [1.82, 2.24) is 9.88 Å². The maximum absolute atomic E-state index is 12.3. The van der Waals surface area contributed by atoms with E-state index >= 15 is 0 Å². The highest BCUT2D eigenvalue weighted by molar-refractivity contribution is 5.92. The molecule has 0 spiro atoms. The molecule has 1 fully saturated rings. The van der Waals surface area contributed by atoms with Crippen LogP contribution >= 0.6 is 0 Å². The van der Waals surface area contributed by atoms with Gasteiger partial charge < -0.3 is 10.6 Å². The van der Waals surface area contributed by atoms with E-state index < -0.39 is 0 Å². The van der Waals surface area contributed by atoms with Crippen molar-refractivity contribution >= 4 is 11.7 Å². The van der Waals surface area contributed by atoms with Gasteiger partial charge in [0.1, 0.15) is 11.5 Å². The zero-order chi connectivity index (χ0) is 12.3. The summed E-state index contributed by atoms with van der Waals surface area (Å²) in [5.41, 5.74) is 6.07. The van der Waals surface area contributed by atoms with Crippen molar-refractivity contribution in [1.29, 1.82) is 0 Å². The molecule has 17 heavy (non-hydrogen) atoms. The quantitative estimate of drug-likeness (QED) is 0.850. The Morgan fingerprint density at radius 1 is 1.53 bits per heavy atom. The number of hydrogen-bond donors (Lipinski definition) is 1. The number of hydrogen-bond acceptors (Lipinski definition) is 3. The largest absolute Gasteiger partial charge is 0.384 e.